The molecule has 37 heavy (non-hydrogen) atoms. The first-order valence-electron chi connectivity index (χ1n) is 12.9. The minimum atomic E-state index is -0.0653. The molecule has 1 aliphatic carbocycles. The summed E-state index contributed by atoms with van der Waals surface area (Å²) < 4.78 is 17.4. The Morgan fingerprint density at radius 2 is 1.38 bits per heavy atom. The van der Waals surface area contributed by atoms with E-state index in [1.165, 1.54) is 11.1 Å². The Hall–Kier alpha value is -2.92. The monoisotopic (exact) mass is 504 g/mol. The van der Waals surface area contributed by atoms with Crippen LogP contribution in [0.2, 0.25) is 0 Å². The van der Waals surface area contributed by atoms with Crippen LogP contribution in [0.5, 0.6) is 0 Å². The first-order valence-corrected chi connectivity index (χ1v) is 12.9. The van der Waals surface area contributed by atoms with E-state index in [4.69, 9.17) is 14.2 Å². The van der Waals surface area contributed by atoms with E-state index in [1.807, 2.05) is 36.4 Å². The van der Waals surface area contributed by atoms with Crippen LogP contribution in [0.3, 0.4) is 0 Å². The Morgan fingerprint density at radius 1 is 0.865 bits per heavy atom. The van der Waals surface area contributed by atoms with E-state index in [0.717, 1.165) is 32.5 Å². The van der Waals surface area contributed by atoms with E-state index in [0.29, 0.717) is 6.54 Å². The largest absolute Gasteiger partial charge is 0.370 e. The lowest BCUT2D eigenvalue weighted by Gasteiger charge is -2.44. The third-order valence-corrected chi connectivity index (χ3v) is 7.13. The van der Waals surface area contributed by atoms with Gasteiger partial charge in [0.2, 0.25) is 12.2 Å². The predicted octanol–water partition coefficient (Wildman–Crippen LogP) is 5.53. The first-order chi connectivity index (χ1) is 17.8. The van der Waals surface area contributed by atoms with Crippen LogP contribution >= 0.6 is 0 Å². The summed E-state index contributed by atoms with van der Waals surface area (Å²) in [6.45, 7) is 8.40. The van der Waals surface area contributed by atoms with Crippen molar-refractivity contribution in [3.8, 4) is 0 Å². The summed E-state index contributed by atoms with van der Waals surface area (Å²) in [5.41, 5.74) is 2.39. The number of epoxide rings is 2. The summed E-state index contributed by atoms with van der Waals surface area (Å²) in [6, 6.07) is 20.6. The Bertz CT molecular complexity index is 1050. The fourth-order valence-corrected chi connectivity index (χ4v) is 5.75. The van der Waals surface area contributed by atoms with Gasteiger partial charge in [-0.3, -0.25) is 0 Å². The Morgan fingerprint density at radius 3 is 1.81 bits per heavy atom. The molecule has 196 valence electrons. The fourth-order valence-electron chi connectivity index (χ4n) is 5.75. The molecule has 3 fully saturated rings. The van der Waals surface area contributed by atoms with Crippen LogP contribution in [0.1, 0.15) is 63.4 Å². The van der Waals surface area contributed by atoms with Gasteiger partial charge in [0, 0.05) is 0 Å². The van der Waals surface area contributed by atoms with Gasteiger partial charge in [-0.1, -0.05) is 81.4 Å². The molecule has 0 radical (unpaired) electrons. The van der Waals surface area contributed by atoms with E-state index in [2.05, 4.69) is 55.0 Å². The van der Waals surface area contributed by atoms with Crippen molar-refractivity contribution in [2.24, 2.45) is 20.8 Å². The van der Waals surface area contributed by atoms with Crippen LogP contribution in [-0.2, 0) is 23.8 Å². The molecule has 2 aromatic carbocycles. The molecule has 0 amide bonds. The second kappa shape index (κ2) is 12.1. The van der Waals surface area contributed by atoms with E-state index in [-0.39, 0.29) is 41.3 Å². The van der Waals surface area contributed by atoms with Crippen LogP contribution < -0.4 is 0 Å². The lowest BCUT2D eigenvalue weighted by atomic mass is 9.63. The van der Waals surface area contributed by atoms with Crippen LogP contribution in [-0.4, -0.2) is 50.2 Å². The number of nitrogens with zero attached hydrogens (tertiary/aromatic N) is 2. The molecule has 1 saturated carbocycles. The normalized spacial score (nSPS) is 28.8. The highest BCUT2D eigenvalue weighted by Gasteiger charge is 2.42. The molecule has 3 aliphatic rings. The standard InChI is InChI=1S/C18H18O3.C12H18N2O2/c1-3-7-13(8-4-1)17(15-11-19-15)21-18(16-12-20-16)14-9-5-2-6-10-14;1-11(2)4-10(14-9-16)5-12(3,6-11)7-13-8-15/h1-10,15-18H,11-12H2;10H,4-7H2,1-3H3. The van der Waals surface area contributed by atoms with Gasteiger partial charge < -0.3 is 14.2 Å². The van der Waals surface area contributed by atoms with Gasteiger partial charge >= 0.3 is 0 Å². The quantitative estimate of drug-likeness (QED) is 0.254. The molecular weight excluding hydrogens is 468 g/mol. The van der Waals surface area contributed by atoms with Crippen LogP contribution in [0, 0.1) is 10.8 Å². The van der Waals surface area contributed by atoms with Crippen molar-refractivity contribution in [1.29, 1.82) is 0 Å². The number of carbonyl (C=O) groups excluding carboxylic acids is 2. The third-order valence-electron chi connectivity index (χ3n) is 7.13. The van der Waals surface area contributed by atoms with Crippen molar-refractivity contribution < 1.29 is 23.8 Å². The number of hydrogen-bond acceptors (Lipinski definition) is 7. The Kier molecular flexibility index (Phi) is 8.86. The van der Waals surface area contributed by atoms with Crippen molar-refractivity contribution in [2.45, 2.75) is 70.5 Å². The average Bonchev–Trinajstić information content (AvgIpc) is 3.79. The van der Waals surface area contributed by atoms with Crippen molar-refractivity contribution in [1.82, 2.24) is 0 Å². The van der Waals surface area contributed by atoms with Gasteiger partial charge in [0.1, 0.15) is 24.4 Å². The molecule has 0 bridgehead atoms. The fraction of sp³-hybridized carbons (Fsp3) is 0.533. The van der Waals surface area contributed by atoms with E-state index >= 15 is 0 Å². The maximum absolute atomic E-state index is 10.3. The number of isocyanates is 2. The zero-order valence-corrected chi connectivity index (χ0v) is 21.8. The molecule has 0 spiro atoms. The topological polar surface area (TPSA) is 93.2 Å². The number of ether oxygens (including phenoxy) is 3. The second-order valence-electron chi connectivity index (χ2n) is 11.4. The van der Waals surface area contributed by atoms with Crippen molar-refractivity contribution in [2.75, 3.05) is 19.8 Å². The van der Waals surface area contributed by atoms with E-state index in [1.54, 1.807) is 12.2 Å². The zero-order valence-electron chi connectivity index (χ0n) is 21.8. The lowest BCUT2D eigenvalue weighted by Crippen LogP contribution is -2.39. The Balaban J connectivity index is 0.000000181. The Labute approximate surface area is 219 Å². The molecule has 0 aromatic heterocycles. The van der Waals surface area contributed by atoms with Crippen LogP contribution in [0.25, 0.3) is 0 Å². The van der Waals surface area contributed by atoms with E-state index < -0.39 is 0 Å². The number of benzene rings is 2. The minimum absolute atomic E-state index is 0.00750. The van der Waals surface area contributed by atoms with Crippen LogP contribution in [0.15, 0.2) is 70.6 Å². The van der Waals surface area contributed by atoms with Gasteiger partial charge in [0.05, 0.1) is 25.8 Å². The van der Waals surface area contributed by atoms with Gasteiger partial charge in [-0.2, -0.15) is 0 Å². The van der Waals surface area contributed by atoms with Crippen LogP contribution in [0.4, 0.5) is 0 Å². The van der Waals surface area contributed by atoms with E-state index in [9.17, 15) is 9.59 Å². The molecule has 2 saturated heterocycles. The van der Waals surface area contributed by atoms with Gasteiger partial charge in [0.15, 0.2) is 0 Å². The molecule has 7 nitrogen and oxygen atoms in total. The summed E-state index contributed by atoms with van der Waals surface area (Å²) in [7, 11) is 0. The molecule has 6 unspecified atom stereocenters. The van der Waals surface area contributed by atoms with Gasteiger partial charge in [-0.25, -0.2) is 19.6 Å². The predicted molar refractivity (Wildman–Crippen MR) is 140 cm³/mol. The minimum Gasteiger partial charge on any atom is -0.370 e. The lowest BCUT2D eigenvalue weighted by molar-refractivity contribution is -0.0419. The molecule has 6 atom stereocenters. The van der Waals surface area contributed by atoms with Crippen molar-refractivity contribution in [3.63, 3.8) is 0 Å². The number of hydrogen-bond donors (Lipinski definition) is 0. The second-order valence-corrected chi connectivity index (χ2v) is 11.4. The smallest absolute Gasteiger partial charge is 0.235 e. The number of rotatable bonds is 9. The van der Waals surface area contributed by atoms with Gasteiger partial charge in [-0.05, 0) is 41.2 Å². The summed E-state index contributed by atoms with van der Waals surface area (Å²) in [6.07, 6.45) is 6.15. The maximum atomic E-state index is 10.3. The molecule has 2 aromatic rings. The van der Waals surface area contributed by atoms with Gasteiger partial charge in [0.25, 0.3) is 0 Å². The summed E-state index contributed by atoms with van der Waals surface area (Å²) in [4.78, 5) is 28.0. The third kappa shape index (κ3) is 8.03. The van der Waals surface area contributed by atoms with Gasteiger partial charge in [-0.15, -0.1) is 0 Å². The molecule has 2 heterocycles. The highest BCUT2D eigenvalue weighted by molar-refractivity contribution is 5.34. The highest BCUT2D eigenvalue weighted by atomic mass is 16.6. The average molecular weight is 505 g/mol. The van der Waals surface area contributed by atoms with Crippen molar-refractivity contribution in [3.05, 3.63) is 71.8 Å². The summed E-state index contributed by atoms with van der Waals surface area (Å²) in [5, 5.41) is 0. The maximum Gasteiger partial charge on any atom is 0.235 e. The summed E-state index contributed by atoms with van der Waals surface area (Å²) in [5.74, 6) is 0. The zero-order chi connectivity index (χ0) is 26.3. The highest BCUT2D eigenvalue weighted by Crippen LogP contribution is 2.47. The van der Waals surface area contributed by atoms with Crippen molar-refractivity contribution >= 4 is 12.2 Å². The SMILES string of the molecule is CC1(C)CC(N=C=O)CC(C)(CN=C=O)C1.c1ccc(C(OC(c2ccccc2)C2CO2)C2CO2)cc1. The summed E-state index contributed by atoms with van der Waals surface area (Å²) >= 11 is 0. The molecule has 5 rings (SSSR count). The molecule has 2 aliphatic heterocycles. The molecule has 7 heteroatoms. The number of aliphatic imine (C=N–C) groups is 2. The molecular formula is C30H36N2O5. The first kappa shape index (κ1) is 27.1. The molecule has 0 N–H and O–H groups in total.